The number of ether oxygens (including phenoxy) is 1. The zero-order valence-electron chi connectivity index (χ0n) is 20.2. The lowest BCUT2D eigenvalue weighted by Gasteiger charge is -2.23. The monoisotopic (exact) mass is 447 g/mol. The van der Waals surface area contributed by atoms with Crippen molar-refractivity contribution in [3.63, 3.8) is 0 Å². The number of carbonyl (C=O) groups excluding carboxylic acids is 1. The predicted molar refractivity (Wildman–Crippen MR) is 134 cm³/mol. The van der Waals surface area contributed by atoms with Crippen LogP contribution in [0.2, 0.25) is 0 Å². The van der Waals surface area contributed by atoms with Gasteiger partial charge in [-0.1, -0.05) is 57.4 Å². The van der Waals surface area contributed by atoms with Crippen molar-refractivity contribution in [2.24, 2.45) is 5.92 Å². The maximum Gasteiger partial charge on any atom is 0.223 e. The molecule has 1 amide bonds. The van der Waals surface area contributed by atoms with Crippen molar-refractivity contribution in [2.75, 3.05) is 6.61 Å². The number of para-hydroxylation sites is 2. The Morgan fingerprint density at radius 2 is 1.82 bits per heavy atom. The van der Waals surface area contributed by atoms with E-state index in [9.17, 15) is 4.79 Å². The summed E-state index contributed by atoms with van der Waals surface area (Å²) in [5, 5.41) is 3.23. The molecule has 0 bridgehead atoms. The molecule has 3 aromatic rings. The molecule has 1 aliphatic rings. The summed E-state index contributed by atoms with van der Waals surface area (Å²) in [6, 6.07) is 16.4. The molecule has 1 aromatic heterocycles. The fourth-order valence-electron chi connectivity index (χ4n) is 4.80. The minimum Gasteiger partial charge on any atom is -0.492 e. The first kappa shape index (κ1) is 23.3. The molecule has 1 aliphatic carbocycles. The summed E-state index contributed by atoms with van der Waals surface area (Å²) in [4.78, 5) is 17.7. The van der Waals surface area contributed by atoms with E-state index in [4.69, 9.17) is 9.72 Å². The maximum absolute atomic E-state index is 12.8. The molecule has 2 unspecified atom stereocenters. The van der Waals surface area contributed by atoms with Crippen molar-refractivity contribution < 1.29 is 9.53 Å². The van der Waals surface area contributed by atoms with Gasteiger partial charge in [0.05, 0.1) is 23.6 Å². The Bertz CT molecular complexity index is 1050. The first-order chi connectivity index (χ1) is 16.1. The molecule has 5 nitrogen and oxygen atoms in total. The number of hydrogen-bond acceptors (Lipinski definition) is 3. The molecule has 1 saturated carbocycles. The van der Waals surface area contributed by atoms with E-state index < -0.39 is 0 Å². The number of nitrogens with zero attached hydrogens (tertiary/aromatic N) is 2. The largest absolute Gasteiger partial charge is 0.492 e. The smallest absolute Gasteiger partial charge is 0.223 e. The third kappa shape index (κ3) is 5.58. The van der Waals surface area contributed by atoms with Gasteiger partial charge in [0.2, 0.25) is 5.91 Å². The summed E-state index contributed by atoms with van der Waals surface area (Å²) >= 11 is 0. The molecule has 0 saturated heterocycles. The summed E-state index contributed by atoms with van der Waals surface area (Å²) in [6.45, 7) is 7.70. The van der Waals surface area contributed by atoms with Crippen LogP contribution in [0.15, 0.2) is 48.5 Å². The Kier molecular flexibility index (Phi) is 7.69. The minimum absolute atomic E-state index is 0.140. The first-order valence-corrected chi connectivity index (χ1v) is 12.5. The number of benzene rings is 2. The standard InChI is InChI=1S/C28H37N3O2/c1-4-20(2)22-14-16-24(17-15-22)33-19-18-31-26-13-9-8-12-25(26)30-27(31)21(3)29-28(32)23-10-6-5-7-11-23/h8-9,12-17,20-21,23H,4-7,10-11,18-19H2,1-3H3,(H,29,32). The van der Waals surface area contributed by atoms with Crippen LogP contribution in [0.25, 0.3) is 11.0 Å². The van der Waals surface area contributed by atoms with Crippen molar-refractivity contribution in [3.05, 3.63) is 59.9 Å². The van der Waals surface area contributed by atoms with Crippen LogP contribution in [-0.2, 0) is 11.3 Å². The number of fused-ring (bicyclic) bond motifs is 1. The highest BCUT2D eigenvalue weighted by Crippen LogP contribution is 2.26. The zero-order valence-corrected chi connectivity index (χ0v) is 20.2. The van der Waals surface area contributed by atoms with E-state index in [1.54, 1.807) is 0 Å². The van der Waals surface area contributed by atoms with E-state index in [2.05, 4.69) is 54.1 Å². The van der Waals surface area contributed by atoms with Crippen molar-refractivity contribution in [2.45, 2.75) is 77.8 Å². The van der Waals surface area contributed by atoms with E-state index in [0.29, 0.717) is 19.1 Å². The Balaban J connectivity index is 1.45. The molecule has 0 aliphatic heterocycles. The number of imidazole rings is 1. The average molecular weight is 448 g/mol. The quantitative estimate of drug-likeness (QED) is 0.414. The lowest BCUT2D eigenvalue weighted by atomic mass is 9.88. The van der Waals surface area contributed by atoms with Gasteiger partial charge in [-0.25, -0.2) is 4.98 Å². The SMILES string of the molecule is CCC(C)c1ccc(OCCn2c(C(C)NC(=O)C3CCCCC3)nc3ccccc32)cc1. The summed E-state index contributed by atoms with van der Waals surface area (Å²) in [5.74, 6) is 2.63. The van der Waals surface area contributed by atoms with Gasteiger partial charge >= 0.3 is 0 Å². The Labute approximate surface area is 197 Å². The van der Waals surface area contributed by atoms with Crippen LogP contribution in [-0.4, -0.2) is 22.1 Å². The number of nitrogens with one attached hydrogen (secondary N) is 1. The van der Waals surface area contributed by atoms with Crippen LogP contribution in [0.4, 0.5) is 0 Å². The highest BCUT2D eigenvalue weighted by molar-refractivity contribution is 5.80. The lowest BCUT2D eigenvalue weighted by Crippen LogP contribution is -2.35. The van der Waals surface area contributed by atoms with E-state index in [0.717, 1.165) is 54.7 Å². The normalized spacial score (nSPS) is 16.5. The fraction of sp³-hybridized carbons (Fsp3) is 0.500. The van der Waals surface area contributed by atoms with Gasteiger partial charge in [0.25, 0.3) is 0 Å². The van der Waals surface area contributed by atoms with Crippen LogP contribution >= 0.6 is 0 Å². The Morgan fingerprint density at radius 1 is 1.09 bits per heavy atom. The van der Waals surface area contributed by atoms with Crippen LogP contribution in [0.3, 0.4) is 0 Å². The second-order valence-electron chi connectivity index (χ2n) is 9.40. The number of hydrogen-bond donors (Lipinski definition) is 1. The van der Waals surface area contributed by atoms with Gasteiger partial charge in [-0.3, -0.25) is 4.79 Å². The Hall–Kier alpha value is -2.82. The zero-order chi connectivity index (χ0) is 23.2. The molecule has 2 aromatic carbocycles. The highest BCUT2D eigenvalue weighted by Gasteiger charge is 2.24. The Morgan fingerprint density at radius 3 is 2.55 bits per heavy atom. The van der Waals surface area contributed by atoms with Gasteiger partial charge in [0, 0.05) is 5.92 Å². The number of amides is 1. The number of carbonyl (C=O) groups is 1. The van der Waals surface area contributed by atoms with Crippen molar-refractivity contribution in [3.8, 4) is 5.75 Å². The van der Waals surface area contributed by atoms with Gasteiger partial charge < -0.3 is 14.6 Å². The molecular formula is C28H37N3O2. The summed E-state index contributed by atoms with van der Waals surface area (Å²) in [6.07, 6.45) is 6.68. The van der Waals surface area contributed by atoms with E-state index in [1.165, 1.54) is 12.0 Å². The molecule has 2 atom stereocenters. The second-order valence-corrected chi connectivity index (χ2v) is 9.40. The van der Waals surface area contributed by atoms with Crippen LogP contribution in [0, 0.1) is 5.92 Å². The lowest BCUT2D eigenvalue weighted by molar-refractivity contribution is -0.126. The molecule has 1 N–H and O–H groups in total. The van der Waals surface area contributed by atoms with Gasteiger partial charge in [0.1, 0.15) is 18.2 Å². The van der Waals surface area contributed by atoms with Gasteiger partial charge in [-0.05, 0) is 61.9 Å². The minimum atomic E-state index is -0.151. The topological polar surface area (TPSA) is 56.1 Å². The molecule has 5 heteroatoms. The van der Waals surface area contributed by atoms with Gasteiger partial charge in [-0.2, -0.15) is 0 Å². The number of rotatable bonds is 9. The molecule has 33 heavy (non-hydrogen) atoms. The van der Waals surface area contributed by atoms with Crippen molar-refractivity contribution in [1.29, 1.82) is 0 Å². The first-order valence-electron chi connectivity index (χ1n) is 12.5. The third-order valence-electron chi connectivity index (χ3n) is 7.05. The van der Waals surface area contributed by atoms with E-state index in [1.807, 2.05) is 25.1 Å². The highest BCUT2D eigenvalue weighted by atomic mass is 16.5. The molecule has 0 spiro atoms. The molecule has 1 heterocycles. The van der Waals surface area contributed by atoms with Crippen molar-refractivity contribution in [1.82, 2.24) is 14.9 Å². The number of aromatic nitrogens is 2. The van der Waals surface area contributed by atoms with Crippen molar-refractivity contribution >= 4 is 16.9 Å². The predicted octanol–water partition coefficient (Wildman–Crippen LogP) is 6.39. The fourth-order valence-corrected chi connectivity index (χ4v) is 4.80. The maximum atomic E-state index is 12.8. The molecular weight excluding hydrogens is 410 g/mol. The second kappa shape index (κ2) is 10.9. The summed E-state index contributed by atoms with van der Waals surface area (Å²) in [5.41, 5.74) is 3.36. The molecule has 4 rings (SSSR count). The molecule has 176 valence electrons. The van der Waals surface area contributed by atoms with E-state index in [-0.39, 0.29) is 17.9 Å². The van der Waals surface area contributed by atoms with Crippen LogP contribution in [0.1, 0.15) is 82.6 Å². The average Bonchev–Trinajstić information content (AvgIpc) is 3.23. The summed E-state index contributed by atoms with van der Waals surface area (Å²) in [7, 11) is 0. The van der Waals surface area contributed by atoms with E-state index >= 15 is 0 Å². The third-order valence-corrected chi connectivity index (χ3v) is 7.05. The van der Waals surface area contributed by atoms with Gasteiger partial charge in [-0.15, -0.1) is 0 Å². The van der Waals surface area contributed by atoms with Crippen LogP contribution < -0.4 is 10.1 Å². The van der Waals surface area contributed by atoms with Crippen LogP contribution in [0.5, 0.6) is 5.75 Å². The summed E-state index contributed by atoms with van der Waals surface area (Å²) < 4.78 is 8.26. The molecule has 0 radical (unpaired) electrons. The molecule has 1 fully saturated rings. The van der Waals surface area contributed by atoms with Gasteiger partial charge in [0.15, 0.2) is 0 Å².